The molecule has 2 aromatic carbocycles. The molecule has 0 fully saturated rings. The highest BCUT2D eigenvalue weighted by Crippen LogP contribution is 2.28. The first kappa shape index (κ1) is 28.0. The molecule has 0 saturated heterocycles. The molecule has 0 unspecified atom stereocenters. The van der Waals surface area contributed by atoms with Crippen molar-refractivity contribution in [1.29, 1.82) is 0 Å². The minimum atomic E-state index is -3.21. The Labute approximate surface area is 208 Å². The molecular weight excluding hydrogens is 541 g/mol. The lowest BCUT2D eigenvalue weighted by molar-refractivity contribution is 0.287. The van der Waals surface area contributed by atoms with Crippen molar-refractivity contribution < 1.29 is 17.9 Å². The van der Waals surface area contributed by atoms with Gasteiger partial charge in [-0.05, 0) is 62.1 Å². The quantitative estimate of drug-likeness (QED) is 0.255. The lowest BCUT2D eigenvalue weighted by Crippen LogP contribution is -2.37. The van der Waals surface area contributed by atoms with E-state index in [1.54, 1.807) is 20.0 Å². The second-order valence-electron chi connectivity index (χ2n) is 7.12. The van der Waals surface area contributed by atoms with Gasteiger partial charge in [0.05, 0.1) is 18.1 Å². The van der Waals surface area contributed by atoms with Gasteiger partial charge in [-0.2, -0.15) is 0 Å². The molecule has 178 valence electrons. The summed E-state index contributed by atoms with van der Waals surface area (Å²) in [6.07, 6.45) is 2.02. The largest absolute Gasteiger partial charge is 0.490 e. The van der Waals surface area contributed by atoms with Crippen molar-refractivity contribution in [1.82, 2.24) is 10.6 Å². The number of nitrogens with one attached hydrogen (secondary N) is 2. The minimum absolute atomic E-state index is 0. The molecule has 0 saturated carbocycles. The summed E-state index contributed by atoms with van der Waals surface area (Å²) >= 11 is 0. The van der Waals surface area contributed by atoms with Crippen molar-refractivity contribution in [3.63, 3.8) is 0 Å². The van der Waals surface area contributed by atoms with Crippen LogP contribution in [0.25, 0.3) is 0 Å². The Balaban J connectivity index is 0.00000512. The third-order valence-corrected chi connectivity index (χ3v) is 5.89. The highest BCUT2D eigenvalue weighted by atomic mass is 127. The molecule has 0 radical (unpaired) electrons. The molecule has 0 amide bonds. The first-order valence-corrected chi connectivity index (χ1v) is 12.3. The number of benzene rings is 2. The average Bonchev–Trinajstić information content (AvgIpc) is 2.71. The van der Waals surface area contributed by atoms with Gasteiger partial charge in [-0.25, -0.2) is 8.42 Å². The second-order valence-corrected chi connectivity index (χ2v) is 9.11. The topological polar surface area (TPSA) is 89.0 Å². The molecule has 0 atom stereocenters. The van der Waals surface area contributed by atoms with Crippen LogP contribution in [0.3, 0.4) is 0 Å². The molecule has 0 aliphatic carbocycles. The highest BCUT2D eigenvalue weighted by Gasteiger charge is 2.11. The Hall–Kier alpha value is -2.01. The summed E-state index contributed by atoms with van der Waals surface area (Å²) in [5.41, 5.74) is 2.87. The molecule has 0 aromatic heterocycles. The normalized spacial score (nSPS) is 11.5. The van der Waals surface area contributed by atoms with Gasteiger partial charge in [0, 0.05) is 26.4 Å². The average molecular weight is 576 g/mol. The van der Waals surface area contributed by atoms with Crippen LogP contribution in [0.2, 0.25) is 0 Å². The standard InChI is InChI=1S/C23H33N3O4S.HI/c1-6-29-20-10-8-18(15-21(20)30-7-2)12-13-25-23(24-4)26-16-19-9-11-22(17(3)14-19)31(5,27)28;/h8-11,14-15H,6-7,12-13,16H2,1-5H3,(H2,24,25,26);1H. The van der Waals surface area contributed by atoms with Crippen LogP contribution in [-0.4, -0.2) is 47.4 Å². The molecular formula is C23H34IN3O4S. The summed E-state index contributed by atoms with van der Waals surface area (Å²) in [5, 5.41) is 6.56. The third kappa shape index (κ3) is 8.50. The summed E-state index contributed by atoms with van der Waals surface area (Å²) in [5.74, 6) is 2.20. The molecule has 0 heterocycles. The highest BCUT2D eigenvalue weighted by molar-refractivity contribution is 14.0. The monoisotopic (exact) mass is 575 g/mol. The number of guanidine groups is 1. The van der Waals surface area contributed by atoms with Crippen molar-refractivity contribution in [2.45, 2.75) is 38.6 Å². The number of rotatable bonds is 10. The number of hydrogen-bond acceptors (Lipinski definition) is 5. The Kier molecular flexibility index (Phi) is 11.8. The van der Waals surface area contributed by atoms with Crippen LogP contribution < -0.4 is 20.1 Å². The van der Waals surface area contributed by atoms with E-state index in [1.807, 2.05) is 44.2 Å². The van der Waals surface area contributed by atoms with Gasteiger partial charge in [-0.1, -0.05) is 18.2 Å². The molecule has 0 spiro atoms. The van der Waals surface area contributed by atoms with Gasteiger partial charge >= 0.3 is 0 Å². The predicted molar refractivity (Wildman–Crippen MR) is 140 cm³/mol. The van der Waals surface area contributed by atoms with Crippen molar-refractivity contribution >= 4 is 39.8 Å². The third-order valence-electron chi connectivity index (χ3n) is 4.64. The number of hydrogen-bond donors (Lipinski definition) is 2. The Morgan fingerprint density at radius 2 is 1.62 bits per heavy atom. The predicted octanol–water partition coefficient (Wildman–Crippen LogP) is 3.72. The van der Waals surface area contributed by atoms with Crippen LogP contribution in [0, 0.1) is 6.92 Å². The van der Waals surface area contributed by atoms with Gasteiger partial charge in [0.2, 0.25) is 0 Å². The van der Waals surface area contributed by atoms with Gasteiger partial charge in [0.25, 0.3) is 0 Å². The Morgan fingerprint density at radius 1 is 0.969 bits per heavy atom. The first-order chi connectivity index (χ1) is 14.8. The maximum absolute atomic E-state index is 11.8. The molecule has 0 aliphatic heterocycles. The summed E-state index contributed by atoms with van der Waals surface area (Å²) in [6.45, 7) is 8.14. The summed E-state index contributed by atoms with van der Waals surface area (Å²) in [4.78, 5) is 4.61. The summed E-state index contributed by atoms with van der Waals surface area (Å²) < 4.78 is 34.8. The summed E-state index contributed by atoms with van der Waals surface area (Å²) in [6, 6.07) is 11.3. The first-order valence-electron chi connectivity index (χ1n) is 10.4. The lowest BCUT2D eigenvalue weighted by atomic mass is 10.1. The van der Waals surface area contributed by atoms with E-state index in [9.17, 15) is 8.42 Å². The van der Waals surface area contributed by atoms with Crippen molar-refractivity contribution in [2.75, 3.05) is 33.1 Å². The molecule has 0 aliphatic rings. The number of ether oxygens (including phenoxy) is 2. The molecule has 2 aromatic rings. The van der Waals surface area contributed by atoms with Gasteiger partial charge in [-0.15, -0.1) is 24.0 Å². The minimum Gasteiger partial charge on any atom is -0.490 e. The van der Waals surface area contributed by atoms with E-state index in [0.717, 1.165) is 34.6 Å². The smallest absolute Gasteiger partial charge is 0.191 e. The summed E-state index contributed by atoms with van der Waals surface area (Å²) in [7, 11) is -1.49. The van der Waals surface area contributed by atoms with E-state index in [4.69, 9.17) is 9.47 Å². The van der Waals surface area contributed by atoms with Gasteiger partial charge in [-0.3, -0.25) is 4.99 Å². The molecule has 2 rings (SSSR count). The van der Waals surface area contributed by atoms with Crippen LogP contribution in [0.15, 0.2) is 46.3 Å². The number of aryl methyl sites for hydroxylation is 1. The van der Waals surface area contributed by atoms with E-state index in [-0.39, 0.29) is 24.0 Å². The van der Waals surface area contributed by atoms with Gasteiger partial charge < -0.3 is 20.1 Å². The van der Waals surface area contributed by atoms with E-state index >= 15 is 0 Å². The molecule has 7 nitrogen and oxygen atoms in total. The fourth-order valence-corrected chi connectivity index (χ4v) is 4.18. The van der Waals surface area contributed by atoms with Crippen molar-refractivity contribution in [3.05, 3.63) is 53.1 Å². The fourth-order valence-electron chi connectivity index (χ4n) is 3.22. The number of sulfone groups is 1. The van der Waals surface area contributed by atoms with E-state index in [0.29, 0.717) is 37.2 Å². The van der Waals surface area contributed by atoms with Gasteiger partial charge in [0.15, 0.2) is 27.3 Å². The Morgan fingerprint density at radius 3 is 2.22 bits per heavy atom. The van der Waals surface area contributed by atoms with Crippen molar-refractivity contribution in [3.8, 4) is 11.5 Å². The van der Waals surface area contributed by atoms with E-state index in [1.165, 1.54) is 6.26 Å². The van der Waals surface area contributed by atoms with Crippen LogP contribution in [-0.2, 0) is 22.8 Å². The van der Waals surface area contributed by atoms with Crippen molar-refractivity contribution in [2.24, 2.45) is 4.99 Å². The fraction of sp³-hybridized carbons (Fsp3) is 0.435. The van der Waals surface area contributed by atoms with Crippen LogP contribution in [0.4, 0.5) is 0 Å². The number of nitrogens with zero attached hydrogens (tertiary/aromatic N) is 1. The van der Waals surface area contributed by atoms with Gasteiger partial charge in [0.1, 0.15) is 0 Å². The maximum Gasteiger partial charge on any atom is 0.191 e. The molecule has 2 N–H and O–H groups in total. The zero-order chi connectivity index (χ0) is 22.9. The lowest BCUT2D eigenvalue weighted by Gasteiger charge is -2.14. The molecule has 0 bridgehead atoms. The zero-order valence-electron chi connectivity index (χ0n) is 19.4. The molecule has 9 heteroatoms. The van der Waals surface area contributed by atoms with Crippen LogP contribution in [0.1, 0.15) is 30.5 Å². The second kappa shape index (κ2) is 13.5. The molecule has 32 heavy (non-hydrogen) atoms. The van der Waals surface area contributed by atoms with E-state index < -0.39 is 9.84 Å². The zero-order valence-corrected chi connectivity index (χ0v) is 22.5. The SMILES string of the molecule is CCOc1ccc(CCNC(=NC)NCc2ccc(S(C)(=O)=O)c(C)c2)cc1OCC.I. The Bertz CT molecular complexity index is 1010. The maximum atomic E-state index is 11.8. The van der Waals surface area contributed by atoms with Crippen LogP contribution in [0.5, 0.6) is 11.5 Å². The number of aliphatic imine (C=N–C) groups is 1. The number of halogens is 1. The van der Waals surface area contributed by atoms with E-state index in [2.05, 4.69) is 15.6 Å². The van der Waals surface area contributed by atoms with Crippen LogP contribution >= 0.6 is 24.0 Å².